The van der Waals surface area contributed by atoms with E-state index in [2.05, 4.69) is 4.98 Å². The smallest absolute Gasteiger partial charge is 0.226 e. The number of nitrogens with one attached hydrogen (secondary N) is 1. The highest BCUT2D eigenvalue weighted by atomic mass is 35.5. The monoisotopic (exact) mass is 342 g/mol. The Hall–Kier alpha value is -2.46. The van der Waals surface area contributed by atoms with E-state index in [9.17, 15) is 4.79 Å². The number of aromatic amines is 1. The largest absolute Gasteiger partial charge is 0.492 e. The van der Waals surface area contributed by atoms with Crippen molar-refractivity contribution in [3.8, 4) is 5.75 Å². The maximum atomic E-state index is 12.4. The highest BCUT2D eigenvalue weighted by Gasteiger charge is 2.12. The van der Waals surface area contributed by atoms with Gasteiger partial charge in [0.2, 0.25) is 5.91 Å². The first-order valence-electron chi connectivity index (χ1n) is 7.81. The van der Waals surface area contributed by atoms with Gasteiger partial charge >= 0.3 is 0 Å². The molecule has 0 fully saturated rings. The van der Waals surface area contributed by atoms with Gasteiger partial charge in [0.15, 0.2) is 0 Å². The summed E-state index contributed by atoms with van der Waals surface area (Å²) in [6.07, 6.45) is 2.27. The van der Waals surface area contributed by atoms with Crippen molar-refractivity contribution in [2.45, 2.75) is 6.42 Å². The predicted octanol–water partition coefficient (Wildman–Crippen LogP) is 3.90. The molecule has 0 aliphatic rings. The van der Waals surface area contributed by atoms with Gasteiger partial charge in [-0.15, -0.1) is 0 Å². The van der Waals surface area contributed by atoms with Crippen molar-refractivity contribution in [1.29, 1.82) is 0 Å². The Morgan fingerprint density at radius 2 is 2.04 bits per heavy atom. The van der Waals surface area contributed by atoms with Crippen molar-refractivity contribution in [2.75, 3.05) is 20.2 Å². The Labute approximate surface area is 146 Å². The second-order valence-corrected chi connectivity index (χ2v) is 6.09. The predicted molar refractivity (Wildman–Crippen MR) is 96.6 cm³/mol. The Bertz CT molecular complexity index is 844. The van der Waals surface area contributed by atoms with Crippen LogP contribution in [-0.4, -0.2) is 36.0 Å². The highest BCUT2D eigenvalue weighted by Crippen LogP contribution is 2.19. The fourth-order valence-corrected chi connectivity index (χ4v) is 2.74. The van der Waals surface area contributed by atoms with Crippen molar-refractivity contribution in [2.24, 2.45) is 0 Å². The van der Waals surface area contributed by atoms with Crippen LogP contribution in [0.5, 0.6) is 5.75 Å². The minimum Gasteiger partial charge on any atom is -0.492 e. The van der Waals surface area contributed by atoms with Gasteiger partial charge in [-0.25, -0.2) is 0 Å². The van der Waals surface area contributed by atoms with Crippen LogP contribution in [0.2, 0.25) is 5.02 Å². The van der Waals surface area contributed by atoms with E-state index >= 15 is 0 Å². The van der Waals surface area contributed by atoms with Crippen LogP contribution in [0.3, 0.4) is 0 Å². The van der Waals surface area contributed by atoms with Crippen molar-refractivity contribution in [3.63, 3.8) is 0 Å². The van der Waals surface area contributed by atoms with Gasteiger partial charge in [0, 0.05) is 29.2 Å². The van der Waals surface area contributed by atoms with Crippen molar-refractivity contribution >= 4 is 28.4 Å². The minimum atomic E-state index is 0.0643. The number of benzene rings is 2. The number of fused-ring (bicyclic) bond motifs is 1. The molecular formula is C19H19ClN2O2. The third kappa shape index (κ3) is 3.89. The van der Waals surface area contributed by atoms with Crippen LogP contribution in [0.15, 0.2) is 54.7 Å². The Morgan fingerprint density at radius 1 is 1.21 bits per heavy atom. The zero-order chi connectivity index (χ0) is 16.9. The van der Waals surface area contributed by atoms with Crippen LogP contribution in [-0.2, 0) is 11.2 Å². The summed E-state index contributed by atoms with van der Waals surface area (Å²) in [6, 6.07) is 15.2. The maximum Gasteiger partial charge on any atom is 0.226 e. The second kappa shape index (κ2) is 7.41. The van der Waals surface area contributed by atoms with Crippen LogP contribution in [0, 0.1) is 0 Å². The summed E-state index contributed by atoms with van der Waals surface area (Å²) in [6.45, 7) is 0.949. The van der Waals surface area contributed by atoms with Gasteiger partial charge in [0.25, 0.3) is 0 Å². The third-order valence-electron chi connectivity index (χ3n) is 3.93. The number of nitrogens with zero attached hydrogens (tertiary/aromatic N) is 1. The lowest BCUT2D eigenvalue weighted by Gasteiger charge is -2.17. The highest BCUT2D eigenvalue weighted by molar-refractivity contribution is 6.30. The van der Waals surface area contributed by atoms with Gasteiger partial charge < -0.3 is 14.6 Å². The molecule has 2 aromatic carbocycles. The molecule has 0 saturated heterocycles. The fraction of sp³-hybridized carbons (Fsp3) is 0.211. The molecule has 1 amide bonds. The van der Waals surface area contributed by atoms with Gasteiger partial charge in [-0.2, -0.15) is 0 Å². The summed E-state index contributed by atoms with van der Waals surface area (Å²) in [4.78, 5) is 17.3. The average Bonchev–Trinajstić information content (AvgIpc) is 2.98. The van der Waals surface area contributed by atoms with Crippen LogP contribution in [0.25, 0.3) is 10.9 Å². The number of amides is 1. The summed E-state index contributed by atoms with van der Waals surface area (Å²) in [7, 11) is 1.79. The molecule has 0 atom stereocenters. The Balaban J connectivity index is 1.53. The van der Waals surface area contributed by atoms with Crippen molar-refractivity contribution in [3.05, 3.63) is 65.3 Å². The van der Waals surface area contributed by atoms with E-state index in [1.54, 1.807) is 24.1 Å². The molecule has 3 aromatic rings. The van der Waals surface area contributed by atoms with Crippen molar-refractivity contribution < 1.29 is 9.53 Å². The first-order valence-corrected chi connectivity index (χ1v) is 8.18. The van der Waals surface area contributed by atoms with E-state index in [1.807, 2.05) is 42.6 Å². The molecule has 24 heavy (non-hydrogen) atoms. The summed E-state index contributed by atoms with van der Waals surface area (Å²) in [5.74, 6) is 0.773. The number of rotatable bonds is 6. The lowest BCUT2D eigenvalue weighted by Crippen LogP contribution is -2.32. The number of hydrogen-bond acceptors (Lipinski definition) is 2. The SMILES string of the molecule is CN(CCOc1cccc(Cl)c1)C(=O)Cc1c[nH]c2ccccc12. The number of carbonyl (C=O) groups is 1. The van der Waals surface area contributed by atoms with Crippen LogP contribution in [0.4, 0.5) is 0 Å². The minimum absolute atomic E-state index is 0.0643. The number of para-hydroxylation sites is 1. The van der Waals surface area contributed by atoms with E-state index in [0.29, 0.717) is 30.3 Å². The van der Waals surface area contributed by atoms with E-state index < -0.39 is 0 Å². The molecule has 5 heteroatoms. The summed E-state index contributed by atoms with van der Waals surface area (Å²) >= 11 is 5.92. The van der Waals surface area contributed by atoms with Crippen LogP contribution in [0.1, 0.15) is 5.56 Å². The number of carbonyl (C=O) groups excluding carboxylic acids is 1. The molecule has 1 aromatic heterocycles. The number of halogens is 1. The Kier molecular flexibility index (Phi) is 5.06. The topological polar surface area (TPSA) is 45.3 Å². The standard InChI is InChI=1S/C19H19ClN2O2/c1-22(9-10-24-16-6-4-5-15(20)12-16)19(23)11-14-13-21-18-8-3-2-7-17(14)18/h2-8,12-13,21H,9-11H2,1H3. The lowest BCUT2D eigenvalue weighted by molar-refractivity contribution is -0.129. The molecule has 0 radical (unpaired) electrons. The van der Waals surface area contributed by atoms with E-state index in [1.165, 1.54) is 0 Å². The fourth-order valence-electron chi connectivity index (χ4n) is 2.56. The van der Waals surface area contributed by atoms with Crippen LogP contribution < -0.4 is 4.74 Å². The first-order chi connectivity index (χ1) is 11.6. The number of H-pyrrole nitrogens is 1. The molecule has 0 saturated carbocycles. The zero-order valence-corrected chi connectivity index (χ0v) is 14.2. The second-order valence-electron chi connectivity index (χ2n) is 5.66. The Morgan fingerprint density at radius 3 is 2.88 bits per heavy atom. The molecule has 0 aliphatic heterocycles. The average molecular weight is 343 g/mol. The molecule has 0 aliphatic carbocycles. The van der Waals surface area contributed by atoms with E-state index in [4.69, 9.17) is 16.3 Å². The number of hydrogen-bond donors (Lipinski definition) is 1. The summed E-state index contributed by atoms with van der Waals surface area (Å²) in [5, 5.41) is 1.73. The molecular weight excluding hydrogens is 324 g/mol. The molecule has 0 unspecified atom stereocenters. The zero-order valence-electron chi connectivity index (χ0n) is 13.5. The number of aromatic nitrogens is 1. The van der Waals surface area contributed by atoms with Gasteiger partial charge in [-0.3, -0.25) is 4.79 Å². The molecule has 124 valence electrons. The molecule has 1 heterocycles. The van der Waals surface area contributed by atoms with E-state index in [-0.39, 0.29) is 5.91 Å². The van der Waals surface area contributed by atoms with Gasteiger partial charge in [-0.05, 0) is 29.8 Å². The number of likely N-dealkylation sites (N-methyl/N-ethyl adjacent to an activating group) is 1. The molecule has 4 nitrogen and oxygen atoms in total. The normalized spacial score (nSPS) is 10.8. The lowest BCUT2D eigenvalue weighted by atomic mass is 10.1. The maximum absolute atomic E-state index is 12.4. The first kappa shape index (κ1) is 16.4. The number of ether oxygens (including phenoxy) is 1. The van der Waals surface area contributed by atoms with Crippen LogP contribution >= 0.6 is 11.6 Å². The van der Waals surface area contributed by atoms with Gasteiger partial charge in [0.1, 0.15) is 12.4 Å². The molecule has 3 rings (SSSR count). The van der Waals surface area contributed by atoms with Crippen molar-refractivity contribution in [1.82, 2.24) is 9.88 Å². The third-order valence-corrected chi connectivity index (χ3v) is 4.17. The van der Waals surface area contributed by atoms with E-state index in [0.717, 1.165) is 16.5 Å². The van der Waals surface area contributed by atoms with Gasteiger partial charge in [-0.1, -0.05) is 35.9 Å². The quantitative estimate of drug-likeness (QED) is 0.738. The molecule has 0 spiro atoms. The molecule has 0 bridgehead atoms. The van der Waals surface area contributed by atoms with Gasteiger partial charge in [0.05, 0.1) is 13.0 Å². The summed E-state index contributed by atoms with van der Waals surface area (Å²) in [5.41, 5.74) is 2.06. The summed E-state index contributed by atoms with van der Waals surface area (Å²) < 4.78 is 5.63. The molecule has 1 N–H and O–H groups in total.